The van der Waals surface area contributed by atoms with Crippen LogP contribution in [0.5, 0.6) is 0 Å². The maximum absolute atomic E-state index is 12.4. The van der Waals surface area contributed by atoms with Crippen LogP contribution < -0.4 is 10.2 Å². The summed E-state index contributed by atoms with van der Waals surface area (Å²) >= 11 is 0. The van der Waals surface area contributed by atoms with Gasteiger partial charge in [-0.3, -0.25) is 4.79 Å². The van der Waals surface area contributed by atoms with E-state index >= 15 is 0 Å². The summed E-state index contributed by atoms with van der Waals surface area (Å²) in [6, 6.07) is 8.79. The van der Waals surface area contributed by atoms with Crippen LogP contribution in [0.2, 0.25) is 0 Å². The standard InChI is InChI=1S/C19H31N3O/c1-21(2)17-12-10-15(11-13-17)18(22(3)4)14-20-19(23)16-8-6-5-7-9-16/h10-13,16,18H,5-9,14H2,1-4H3,(H,20,23)/t18-/m1/s1. The third-order valence-electron chi connectivity index (χ3n) is 4.86. The summed E-state index contributed by atoms with van der Waals surface area (Å²) in [6.07, 6.45) is 5.77. The van der Waals surface area contributed by atoms with Crippen LogP contribution in [0.3, 0.4) is 0 Å². The molecule has 0 unspecified atom stereocenters. The average molecular weight is 317 g/mol. The number of anilines is 1. The Morgan fingerprint density at radius 2 is 1.70 bits per heavy atom. The molecule has 0 saturated heterocycles. The van der Waals surface area contributed by atoms with Crippen LogP contribution in [0.25, 0.3) is 0 Å². The van der Waals surface area contributed by atoms with E-state index in [9.17, 15) is 4.79 Å². The lowest BCUT2D eigenvalue weighted by Crippen LogP contribution is -2.38. The molecule has 0 heterocycles. The molecule has 1 fully saturated rings. The fraction of sp³-hybridized carbons (Fsp3) is 0.632. The number of nitrogens with zero attached hydrogens (tertiary/aromatic N) is 2. The second kappa shape index (κ2) is 8.34. The normalized spacial score (nSPS) is 17.1. The van der Waals surface area contributed by atoms with Crippen molar-refractivity contribution in [2.24, 2.45) is 5.92 Å². The van der Waals surface area contributed by atoms with Crippen LogP contribution in [0, 0.1) is 5.92 Å². The summed E-state index contributed by atoms with van der Waals surface area (Å²) in [6.45, 7) is 0.670. The molecule has 128 valence electrons. The average Bonchev–Trinajstić information content (AvgIpc) is 2.55. The lowest BCUT2D eigenvalue weighted by Gasteiger charge is -2.27. The molecular weight excluding hydrogens is 286 g/mol. The van der Waals surface area contributed by atoms with Gasteiger partial charge in [-0.05, 0) is 44.6 Å². The third kappa shape index (κ3) is 4.96. The zero-order valence-corrected chi connectivity index (χ0v) is 15.0. The molecule has 0 bridgehead atoms. The highest BCUT2D eigenvalue weighted by Gasteiger charge is 2.22. The maximum atomic E-state index is 12.4. The van der Waals surface area contributed by atoms with Crippen LogP contribution in [0.4, 0.5) is 5.69 Å². The second-order valence-electron chi connectivity index (χ2n) is 7.05. The van der Waals surface area contributed by atoms with Crippen LogP contribution in [-0.2, 0) is 4.79 Å². The van der Waals surface area contributed by atoms with Crippen molar-refractivity contribution in [1.29, 1.82) is 0 Å². The van der Waals surface area contributed by atoms with Crippen LogP contribution in [-0.4, -0.2) is 45.5 Å². The van der Waals surface area contributed by atoms with Gasteiger partial charge in [-0.1, -0.05) is 31.4 Å². The topological polar surface area (TPSA) is 35.6 Å². The van der Waals surface area contributed by atoms with E-state index in [1.165, 1.54) is 30.5 Å². The summed E-state index contributed by atoms with van der Waals surface area (Å²) in [4.78, 5) is 16.6. The highest BCUT2D eigenvalue weighted by Crippen LogP contribution is 2.25. The molecule has 4 nitrogen and oxygen atoms in total. The molecule has 0 radical (unpaired) electrons. The number of hydrogen-bond donors (Lipinski definition) is 1. The first-order chi connectivity index (χ1) is 11.0. The number of carbonyl (C=O) groups is 1. The third-order valence-corrected chi connectivity index (χ3v) is 4.86. The van der Waals surface area contributed by atoms with Crippen molar-refractivity contribution in [2.75, 3.05) is 39.6 Å². The lowest BCUT2D eigenvalue weighted by atomic mass is 9.88. The predicted molar refractivity (Wildman–Crippen MR) is 96.8 cm³/mol. The Balaban J connectivity index is 1.96. The van der Waals surface area contributed by atoms with Gasteiger partial charge >= 0.3 is 0 Å². The molecule has 1 N–H and O–H groups in total. The van der Waals surface area contributed by atoms with Crippen molar-refractivity contribution in [3.05, 3.63) is 29.8 Å². The van der Waals surface area contributed by atoms with Crippen molar-refractivity contribution in [3.63, 3.8) is 0 Å². The molecule has 23 heavy (non-hydrogen) atoms. The molecule has 0 aliphatic heterocycles. The van der Waals surface area contributed by atoms with Gasteiger partial charge in [0.25, 0.3) is 0 Å². The molecule has 0 aromatic heterocycles. The number of nitrogens with one attached hydrogen (secondary N) is 1. The molecule has 1 atom stereocenters. The SMILES string of the molecule is CN(C)c1ccc([C@@H](CNC(=O)C2CCCCC2)N(C)C)cc1. The Hall–Kier alpha value is -1.55. The van der Waals surface area contributed by atoms with E-state index in [-0.39, 0.29) is 17.9 Å². The van der Waals surface area contributed by atoms with Crippen LogP contribution in [0.1, 0.15) is 43.7 Å². The number of rotatable bonds is 6. The summed E-state index contributed by atoms with van der Waals surface area (Å²) in [5.74, 6) is 0.462. The fourth-order valence-electron chi connectivity index (χ4n) is 3.30. The smallest absolute Gasteiger partial charge is 0.223 e. The highest BCUT2D eigenvalue weighted by molar-refractivity contribution is 5.78. The number of hydrogen-bond acceptors (Lipinski definition) is 3. The molecule has 1 aromatic carbocycles. The molecule has 0 spiro atoms. The van der Waals surface area contributed by atoms with E-state index in [0.717, 1.165) is 12.8 Å². The molecule has 1 aliphatic carbocycles. The minimum atomic E-state index is 0.207. The van der Waals surface area contributed by atoms with Crippen molar-refractivity contribution in [1.82, 2.24) is 10.2 Å². The van der Waals surface area contributed by atoms with E-state index in [1.54, 1.807) is 0 Å². The number of likely N-dealkylation sites (N-methyl/N-ethyl adjacent to an activating group) is 1. The molecule has 1 aliphatic rings. The zero-order chi connectivity index (χ0) is 16.8. The lowest BCUT2D eigenvalue weighted by molar-refractivity contribution is -0.126. The maximum Gasteiger partial charge on any atom is 0.223 e. The number of carbonyl (C=O) groups excluding carboxylic acids is 1. The monoisotopic (exact) mass is 317 g/mol. The fourth-order valence-corrected chi connectivity index (χ4v) is 3.30. The molecule has 2 rings (SSSR count). The number of benzene rings is 1. The van der Waals surface area contributed by atoms with Gasteiger partial charge in [-0.25, -0.2) is 0 Å². The molecular formula is C19H31N3O. The Kier molecular flexibility index (Phi) is 6.46. The largest absolute Gasteiger partial charge is 0.378 e. The summed E-state index contributed by atoms with van der Waals surface area (Å²) in [5, 5.41) is 3.18. The Morgan fingerprint density at radius 3 is 2.22 bits per heavy atom. The van der Waals surface area contributed by atoms with Gasteiger partial charge in [-0.15, -0.1) is 0 Å². The molecule has 1 aromatic rings. The van der Waals surface area contributed by atoms with E-state index < -0.39 is 0 Å². The summed E-state index contributed by atoms with van der Waals surface area (Å²) in [5.41, 5.74) is 2.43. The van der Waals surface area contributed by atoms with E-state index in [1.807, 2.05) is 14.1 Å². The number of amides is 1. The van der Waals surface area contributed by atoms with E-state index in [0.29, 0.717) is 6.54 Å². The van der Waals surface area contributed by atoms with Gasteiger partial charge in [0.2, 0.25) is 5.91 Å². The van der Waals surface area contributed by atoms with Gasteiger partial charge < -0.3 is 15.1 Å². The van der Waals surface area contributed by atoms with Crippen LogP contribution in [0.15, 0.2) is 24.3 Å². The van der Waals surface area contributed by atoms with Gasteiger partial charge in [0, 0.05) is 32.2 Å². The van der Waals surface area contributed by atoms with Crippen molar-refractivity contribution in [2.45, 2.75) is 38.1 Å². The Morgan fingerprint density at radius 1 is 1.09 bits per heavy atom. The van der Waals surface area contributed by atoms with E-state index in [2.05, 4.69) is 53.5 Å². The minimum absolute atomic E-state index is 0.207. The predicted octanol–water partition coefficient (Wildman–Crippen LogP) is 3.05. The van der Waals surface area contributed by atoms with Gasteiger partial charge in [0.05, 0.1) is 6.04 Å². The van der Waals surface area contributed by atoms with Gasteiger partial charge in [0.1, 0.15) is 0 Å². The Bertz CT molecular complexity index is 490. The van der Waals surface area contributed by atoms with Crippen molar-refractivity contribution in [3.8, 4) is 0 Å². The minimum Gasteiger partial charge on any atom is -0.378 e. The first kappa shape index (κ1) is 17.8. The van der Waals surface area contributed by atoms with Gasteiger partial charge in [-0.2, -0.15) is 0 Å². The molecule has 1 amide bonds. The molecule has 4 heteroatoms. The van der Waals surface area contributed by atoms with Crippen LogP contribution >= 0.6 is 0 Å². The summed E-state index contributed by atoms with van der Waals surface area (Å²) in [7, 11) is 8.22. The van der Waals surface area contributed by atoms with Gasteiger partial charge in [0.15, 0.2) is 0 Å². The second-order valence-corrected chi connectivity index (χ2v) is 7.05. The van der Waals surface area contributed by atoms with Crippen molar-refractivity contribution < 1.29 is 4.79 Å². The van der Waals surface area contributed by atoms with Crippen molar-refractivity contribution >= 4 is 11.6 Å². The van der Waals surface area contributed by atoms with E-state index in [4.69, 9.17) is 0 Å². The highest BCUT2D eigenvalue weighted by atomic mass is 16.1. The first-order valence-corrected chi connectivity index (χ1v) is 8.70. The molecule has 1 saturated carbocycles. The quantitative estimate of drug-likeness (QED) is 0.876. The zero-order valence-electron chi connectivity index (χ0n) is 15.0. The first-order valence-electron chi connectivity index (χ1n) is 8.70. The Labute approximate surface area is 140 Å². The summed E-state index contributed by atoms with van der Waals surface area (Å²) < 4.78 is 0.